The highest BCUT2D eigenvalue weighted by atomic mass is 31.2. The first-order valence-corrected chi connectivity index (χ1v) is 16.7. The van der Waals surface area contributed by atoms with Crippen LogP contribution in [0.4, 0.5) is 0 Å². The maximum atomic E-state index is 12.7. The Morgan fingerprint density at radius 2 is 1.50 bits per heavy atom. The average molecular weight is 553 g/mol. The van der Waals surface area contributed by atoms with Gasteiger partial charge in [-0.25, -0.2) is 0 Å². The highest BCUT2D eigenvalue weighted by Gasteiger charge is 2.57. The number of aliphatic hydroxyl groups is 1. The maximum absolute atomic E-state index is 12.7. The Balaban J connectivity index is 4.83. The number of nitrogens with one attached hydrogen (secondary N) is 1. The third kappa shape index (κ3) is 10.6. The number of hydrogen-bond donors (Lipinski definition) is 2. The van der Waals surface area contributed by atoms with Crippen LogP contribution in [0.2, 0.25) is 0 Å². The Hall–Kier alpha value is -0.610. The van der Waals surface area contributed by atoms with Crippen LogP contribution in [0.3, 0.4) is 0 Å². The quantitative estimate of drug-likeness (QED) is 0.144. The first-order valence-electron chi connectivity index (χ1n) is 10.5. The molecule has 202 valence electrons. The van der Waals surface area contributed by atoms with Gasteiger partial charge in [0.15, 0.2) is 6.10 Å². The SMILES string of the molecule is CCC(=O)OCC(COP(C)(=O)OCCNCC(O)(P(C)(C)=O)P(=O)(OC)OC)OC(=O)CC. The molecule has 3 atom stereocenters. The lowest BCUT2D eigenvalue weighted by Crippen LogP contribution is -2.41. The molecule has 2 N–H and O–H groups in total. The Kier molecular flexibility index (Phi) is 14.6. The lowest BCUT2D eigenvalue weighted by atomic mass is 10.4. The predicted molar refractivity (Wildman–Crippen MR) is 126 cm³/mol. The molecule has 0 saturated carbocycles. The third-order valence-electron chi connectivity index (χ3n) is 4.55. The molecule has 0 amide bonds. The minimum absolute atomic E-state index is 0.0132. The number of ether oxygens (including phenoxy) is 2. The van der Waals surface area contributed by atoms with E-state index < -0.39 is 52.0 Å². The first-order chi connectivity index (χ1) is 15.6. The highest BCUT2D eigenvalue weighted by molar-refractivity contribution is 7.78. The standard InChI is InChI=1S/C18H38NO12P3/c1-8-16(20)28-12-15(31-17(21)9-2)13-30-33(7,24)29-11-10-19-14-18(22,32(5,6)23)34(25,26-3)27-4/h15,19,22H,8-14H2,1-7H3. The molecule has 0 radical (unpaired) electrons. The number of hydrogen-bond acceptors (Lipinski definition) is 13. The predicted octanol–water partition coefficient (Wildman–Crippen LogP) is 2.46. The van der Waals surface area contributed by atoms with Crippen LogP contribution >= 0.6 is 22.3 Å². The molecule has 0 spiro atoms. The van der Waals surface area contributed by atoms with E-state index in [2.05, 4.69) is 5.32 Å². The summed E-state index contributed by atoms with van der Waals surface area (Å²) in [6, 6.07) is 0. The van der Waals surface area contributed by atoms with Crippen molar-refractivity contribution in [2.45, 2.75) is 37.9 Å². The van der Waals surface area contributed by atoms with Gasteiger partial charge in [0.2, 0.25) is 5.08 Å². The van der Waals surface area contributed by atoms with E-state index in [1.165, 1.54) is 20.0 Å². The molecule has 0 heterocycles. The molecule has 13 nitrogen and oxygen atoms in total. The average Bonchev–Trinajstić information content (AvgIpc) is 2.78. The molecule has 0 fully saturated rings. The molecule has 0 aromatic rings. The molecule has 0 saturated heterocycles. The van der Waals surface area contributed by atoms with Gasteiger partial charge in [0.05, 0.1) is 13.2 Å². The van der Waals surface area contributed by atoms with E-state index >= 15 is 0 Å². The summed E-state index contributed by atoms with van der Waals surface area (Å²) in [6.07, 6.45) is -0.728. The van der Waals surface area contributed by atoms with Crippen molar-refractivity contribution in [2.24, 2.45) is 0 Å². The van der Waals surface area contributed by atoms with E-state index in [0.29, 0.717) is 0 Å². The first kappa shape index (κ1) is 33.4. The Bertz CT molecular complexity index is 793. The van der Waals surface area contributed by atoms with Crippen molar-refractivity contribution in [2.75, 3.05) is 67.1 Å². The Morgan fingerprint density at radius 1 is 0.941 bits per heavy atom. The minimum atomic E-state index is -4.13. The van der Waals surface area contributed by atoms with Gasteiger partial charge >= 0.3 is 27.1 Å². The van der Waals surface area contributed by atoms with Crippen molar-refractivity contribution in [3.05, 3.63) is 0 Å². The van der Waals surface area contributed by atoms with Gasteiger partial charge in [-0.3, -0.25) is 18.7 Å². The molecule has 0 aliphatic carbocycles. The van der Waals surface area contributed by atoms with Crippen LogP contribution in [0.1, 0.15) is 26.7 Å². The van der Waals surface area contributed by atoms with Gasteiger partial charge in [0, 0.05) is 46.8 Å². The van der Waals surface area contributed by atoms with Crippen molar-refractivity contribution in [3.63, 3.8) is 0 Å². The molecule has 0 aromatic heterocycles. The summed E-state index contributed by atoms with van der Waals surface area (Å²) >= 11 is 0. The van der Waals surface area contributed by atoms with E-state index in [1.807, 2.05) is 0 Å². The van der Waals surface area contributed by atoms with E-state index in [9.17, 15) is 28.4 Å². The van der Waals surface area contributed by atoms with Crippen molar-refractivity contribution in [1.29, 1.82) is 0 Å². The number of carbonyl (C=O) groups excluding carboxylic acids is 2. The van der Waals surface area contributed by atoms with E-state index in [1.54, 1.807) is 13.8 Å². The molecule has 3 unspecified atom stereocenters. The van der Waals surface area contributed by atoms with E-state index in [-0.39, 0.29) is 39.2 Å². The minimum Gasteiger partial charge on any atom is -0.462 e. The van der Waals surface area contributed by atoms with Crippen LogP contribution in [-0.4, -0.2) is 95.4 Å². The molecule has 0 bridgehead atoms. The lowest BCUT2D eigenvalue weighted by molar-refractivity contribution is -0.160. The van der Waals surface area contributed by atoms with Crippen LogP contribution in [0.5, 0.6) is 0 Å². The summed E-state index contributed by atoms with van der Waals surface area (Å²) in [6.45, 7) is 5.77. The van der Waals surface area contributed by atoms with Gasteiger partial charge in [-0.15, -0.1) is 0 Å². The van der Waals surface area contributed by atoms with Gasteiger partial charge in [-0.1, -0.05) is 13.8 Å². The smallest absolute Gasteiger partial charge is 0.370 e. The zero-order valence-electron chi connectivity index (χ0n) is 20.8. The normalized spacial score (nSPS) is 16.8. The summed E-state index contributed by atoms with van der Waals surface area (Å²) in [4.78, 5) is 22.9. The number of carbonyl (C=O) groups is 2. The van der Waals surface area contributed by atoms with Crippen molar-refractivity contribution in [1.82, 2.24) is 5.32 Å². The van der Waals surface area contributed by atoms with Crippen LogP contribution < -0.4 is 5.32 Å². The van der Waals surface area contributed by atoms with Crippen LogP contribution in [0.15, 0.2) is 0 Å². The fourth-order valence-corrected chi connectivity index (χ4v) is 7.73. The maximum Gasteiger partial charge on any atom is 0.370 e. The molecule has 16 heteroatoms. The highest BCUT2D eigenvalue weighted by Crippen LogP contribution is 2.72. The largest absolute Gasteiger partial charge is 0.462 e. The molecular formula is C18H38NO12P3. The molecule has 0 aromatic carbocycles. The summed E-state index contributed by atoms with van der Waals surface area (Å²) in [5, 5.41) is 11.3. The Morgan fingerprint density at radius 3 is 1.97 bits per heavy atom. The summed E-state index contributed by atoms with van der Waals surface area (Å²) in [5.74, 6) is -1.03. The van der Waals surface area contributed by atoms with Gasteiger partial charge in [-0.2, -0.15) is 0 Å². The summed E-state index contributed by atoms with van der Waals surface area (Å²) in [7, 11) is -8.97. The molecule has 0 rings (SSSR count). The lowest BCUT2D eigenvalue weighted by Gasteiger charge is -2.36. The monoisotopic (exact) mass is 553 g/mol. The topological polar surface area (TPSA) is 173 Å². The molecule has 0 aliphatic rings. The molecule has 0 aliphatic heterocycles. The summed E-state index contributed by atoms with van der Waals surface area (Å²) in [5.41, 5.74) is 0. The second-order valence-corrected chi connectivity index (χ2v) is 15.9. The van der Waals surface area contributed by atoms with E-state index in [0.717, 1.165) is 14.2 Å². The van der Waals surface area contributed by atoms with Gasteiger partial charge < -0.3 is 42.6 Å². The summed E-state index contributed by atoms with van der Waals surface area (Å²) < 4.78 is 68.1. The fourth-order valence-electron chi connectivity index (χ4n) is 2.42. The van der Waals surface area contributed by atoms with Crippen molar-refractivity contribution < 1.29 is 56.0 Å². The zero-order chi connectivity index (χ0) is 26.6. The second kappa shape index (κ2) is 14.8. The fraction of sp³-hybridized carbons (Fsp3) is 0.889. The third-order valence-corrected chi connectivity index (χ3v) is 11.9. The van der Waals surface area contributed by atoms with Crippen LogP contribution in [0.25, 0.3) is 0 Å². The number of rotatable bonds is 18. The van der Waals surface area contributed by atoms with Crippen molar-refractivity contribution in [3.8, 4) is 0 Å². The van der Waals surface area contributed by atoms with Crippen LogP contribution in [0, 0.1) is 0 Å². The van der Waals surface area contributed by atoms with Crippen molar-refractivity contribution >= 4 is 34.3 Å². The van der Waals surface area contributed by atoms with Crippen LogP contribution in [-0.2, 0) is 50.9 Å². The second-order valence-electron chi connectivity index (χ2n) is 7.57. The van der Waals surface area contributed by atoms with Gasteiger partial charge in [0.25, 0.3) is 0 Å². The number of esters is 2. The zero-order valence-corrected chi connectivity index (χ0v) is 23.5. The molecular weight excluding hydrogens is 515 g/mol. The van der Waals surface area contributed by atoms with Gasteiger partial charge in [-0.05, 0) is 13.3 Å². The van der Waals surface area contributed by atoms with E-state index in [4.69, 9.17) is 27.6 Å². The molecule has 34 heavy (non-hydrogen) atoms. The van der Waals surface area contributed by atoms with Gasteiger partial charge in [0.1, 0.15) is 13.7 Å². The Labute approximate surface area is 201 Å².